The molecule has 3 aromatic rings. The molecule has 9 heteroatoms. The molecule has 0 saturated heterocycles. The van der Waals surface area contributed by atoms with Crippen molar-refractivity contribution < 1.29 is 5.11 Å². The molecule has 0 aromatic carbocycles. The summed E-state index contributed by atoms with van der Waals surface area (Å²) in [6.45, 7) is 2.22. The number of rotatable bonds is 2. The molecule has 0 aliphatic carbocycles. The predicted octanol–water partition coefficient (Wildman–Crippen LogP) is 0.0446. The summed E-state index contributed by atoms with van der Waals surface area (Å²) in [5.41, 5.74) is 8.50. The van der Waals surface area contributed by atoms with Crippen molar-refractivity contribution in [2.75, 3.05) is 17.2 Å². The molecule has 0 fully saturated rings. The lowest BCUT2D eigenvalue weighted by atomic mass is 10.3. The van der Waals surface area contributed by atoms with E-state index in [9.17, 15) is 5.11 Å². The van der Waals surface area contributed by atoms with Crippen molar-refractivity contribution in [3.63, 3.8) is 0 Å². The standard InChI is InChI=1S/C14H18N8O/c1-20-13-11(6-16-20)12(15)17-14(18-13)21-3-2-4-22-10(7-21)5-9(8-23)19-22/h5-6,23H,2-4,7-8H2,1H3,(H2,15,17,18). The zero-order valence-electron chi connectivity index (χ0n) is 12.8. The van der Waals surface area contributed by atoms with E-state index in [1.807, 2.05) is 17.8 Å². The molecule has 0 radical (unpaired) electrons. The number of aliphatic hydroxyl groups excluding tert-OH is 1. The number of hydrogen-bond donors (Lipinski definition) is 2. The fraction of sp³-hybridized carbons (Fsp3) is 0.429. The van der Waals surface area contributed by atoms with Gasteiger partial charge in [-0.2, -0.15) is 20.2 Å². The van der Waals surface area contributed by atoms with Gasteiger partial charge in [0.15, 0.2) is 5.65 Å². The number of nitrogens with zero attached hydrogens (tertiary/aromatic N) is 7. The van der Waals surface area contributed by atoms with Crippen LogP contribution in [0.4, 0.5) is 11.8 Å². The van der Waals surface area contributed by atoms with Gasteiger partial charge in [-0.15, -0.1) is 0 Å². The Morgan fingerprint density at radius 2 is 2.17 bits per heavy atom. The van der Waals surface area contributed by atoms with Crippen LogP contribution in [-0.4, -0.2) is 41.2 Å². The lowest BCUT2D eigenvalue weighted by Gasteiger charge is -2.20. The van der Waals surface area contributed by atoms with E-state index in [2.05, 4.69) is 25.1 Å². The molecule has 1 aliphatic heterocycles. The van der Waals surface area contributed by atoms with E-state index in [1.165, 1.54) is 0 Å². The van der Waals surface area contributed by atoms with Gasteiger partial charge in [-0.3, -0.25) is 9.36 Å². The third-order valence-corrected chi connectivity index (χ3v) is 4.12. The lowest BCUT2D eigenvalue weighted by Crippen LogP contribution is -2.25. The summed E-state index contributed by atoms with van der Waals surface area (Å²) in [6.07, 6.45) is 2.60. The highest BCUT2D eigenvalue weighted by atomic mass is 16.3. The Bertz CT molecular complexity index is 867. The summed E-state index contributed by atoms with van der Waals surface area (Å²) in [7, 11) is 1.84. The molecule has 23 heavy (non-hydrogen) atoms. The Kier molecular flexibility index (Phi) is 3.15. The third-order valence-electron chi connectivity index (χ3n) is 4.12. The average Bonchev–Trinajstić information content (AvgIpc) is 3.05. The van der Waals surface area contributed by atoms with Crippen LogP contribution in [0.25, 0.3) is 11.0 Å². The van der Waals surface area contributed by atoms with Gasteiger partial charge < -0.3 is 15.7 Å². The molecule has 120 valence electrons. The number of aliphatic hydroxyl groups is 1. The molecular weight excluding hydrogens is 296 g/mol. The van der Waals surface area contributed by atoms with E-state index in [0.29, 0.717) is 24.0 Å². The molecule has 0 spiro atoms. The van der Waals surface area contributed by atoms with Crippen LogP contribution in [0.15, 0.2) is 12.3 Å². The van der Waals surface area contributed by atoms with Crippen molar-refractivity contribution in [3.05, 3.63) is 23.7 Å². The minimum absolute atomic E-state index is 0.0512. The maximum atomic E-state index is 9.26. The van der Waals surface area contributed by atoms with Crippen molar-refractivity contribution in [2.24, 2.45) is 7.05 Å². The van der Waals surface area contributed by atoms with Gasteiger partial charge in [0.1, 0.15) is 5.82 Å². The van der Waals surface area contributed by atoms with E-state index in [4.69, 9.17) is 5.73 Å². The molecule has 0 amide bonds. The van der Waals surface area contributed by atoms with Gasteiger partial charge in [0.05, 0.1) is 36.1 Å². The number of nitrogens with two attached hydrogens (primary N) is 1. The quantitative estimate of drug-likeness (QED) is 0.687. The van der Waals surface area contributed by atoms with Crippen LogP contribution in [0.5, 0.6) is 0 Å². The topological polar surface area (TPSA) is 111 Å². The Balaban J connectivity index is 1.73. The number of aryl methyl sites for hydroxylation is 2. The van der Waals surface area contributed by atoms with Crippen LogP contribution < -0.4 is 10.6 Å². The van der Waals surface area contributed by atoms with Crippen LogP contribution in [0.2, 0.25) is 0 Å². The van der Waals surface area contributed by atoms with Crippen LogP contribution >= 0.6 is 0 Å². The first-order valence-corrected chi connectivity index (χ1v) is 7.52. The molecular formula is C14H18N8O. The van der Waals surface area contributed by atoms with Crippen molar-refractivity contribution in [1.29, 1.82) is 0 Å². The van der Waals surface area contributed by atoms with E-state index < -0.39 is 0 Å². The Morgan fingerprint density at radius 3 is 3.00 bits per heavy atom. The molecule has 4 rings (SSSR count). The van der Waals surface area contributed by atoms with Gasteiger partial charge >= 0.3 is 0 Å². The first-order chi connectivity index (χ1) is 11.2. The molecule has 3 aromatic heterocycles. The fourth-order valence-electron chi connectivity index (χ4n) is 2.94. The first kappa shape index (κ1) is 13.9. The van der Waals surface area contributed by atoms with Crippen molar-refractivity contribution in [2.45, 2.75) is 26.1 Å². The highest BCUT2D eigenvalue weighted by Gasteiger charge is 2.20. The number of aromatic nitrogens is 6. The number of nitrogen functional groups attached to an aromatic ring is 1. The third kappa shape index (κ3) is 2.29. The number of hydrogen-bond acceptors (Lipinski definition) is 7. The maximum Gasteiger partial charge on any atom is 0.229 e. The Labute approximate surface area is 132 Å². The van der Waals surface area contributed by atoms with Crippen molar-refractivity contribution in [3.8, 4) is 0 Å². The second kappa shape index (κ2) is 5.20. The molecule has 1 aliphatic rings. The smallest absolute Gasteiger partial charge is 0.229 e. The molecule has 4 heterocycles. The summed E-state index contributed by atoms with van der Waals surface area (Å²) in [5, 5.41) is 18.6. The highest BCUT2D eigenvalue weighted by molar-refractivity contribution is 5.86. The van der Waals surface area contributed by atoms with Crippen LogP contribution in [-0.2, 0) is 26.7 Å². The summed E-state index contributed by atoms with van der Waals surface area (Å²) in [5.74, 6) is 1.03. The van der Waals surface area contributed by atoms with Gasteiger partial charge in [0.25, 0.3) is 0 Å². The highest BCUT2D eigenvalue weighted by Crippen LogP contribution is 2.23. The van der Waals surface area contributed by atoms with Crippen LogP contribution in [0.1, 0.15) is 17.8 Å². The fourth-order valence-corrected chi connectivity index (χ4v) is 2.94. The van der Waals surface area contributed by atoms with Gasteiger partial charge in [0.2, 0.25) is 5.95 Å². The minimum Gasteiger partial charge on any atom is -0.390 e. The van der Waals surface area contributed by atoms with E-state index >= 15 is 0 Å². The van der Waals surface area contributed by atoms with Crippen molar-refractivity contribution >= 4 is 22.8 Å². The Hall–Kier alpha value is -2.68. The molecule has 0 unspecified atom stereocenters. The first-order valence-electron chi connectivity index (χ1n) is 7.52. The maximum absolute atomic E-state index is 9.26. The average molecular weight is 314 g/mol. The molecule has 0 saturated carbocycles. The summed E-state index contributed by atoms with van der Waals surface area (Å²) in [4.78, 5) is 11.1. The van der Waals surface area contributed by atoms with Gasteiger partial charge in [0, 0.05) is 20.1 Å². The van der Waals surface area contributed by atoms with Gasteiger partial charge in [-0.1, -0.05) is 0 Å². The molecule has 3 N–H and O–H groups in total. The zero-order valence-corrected chi connectivity index (χ0v) is 12.8. The van der Waals surface area contributed by atoms with E-state index in [1.54, 1.807) is 10.9 Å². The van der Waals surface area contributed by atoms with Gasteiger partial charge in [-0.05, 0) is 12.5 Å². The monoisotopic (exact) mass is 314 g/mol. The molecule has 0 bridgehead atoms. The minimum atomic E-state index is -0.0512. The summed E-state index contributed by atoms with van der Waals surface area (Å²) < 4.78 is 3.64. The zero-order chi connectivity index (χ0) is 16.0. The summed E-state index contributed by atoms with van der Waals surface area (Å²) >= 11 is 0. The van der Waals surface area contributed by atoms with Crippen LogP contribution in [0, 0.1) is 0 Å². The summed E-state index contributed by atoms with van der Waals surface area (Å²) in [6, 6.07) is 1.92. The van der Waals surface area contributed by atoms with E-state index in [-0.39, 0.29) is 6.61 Å². The lowest BCUT2D eigenvalue weighted by molar-refractivity contribution is 0.275. The van der Waals surface area contributed by atoms with Crippen molar-refractivity contribution in [1.82, 2.24) is 29.5 Å². The largest absolute Gasteiger partial charge is 0.390 e. The molecule has 9 nitrogen and oxygen atoms in total. The second-order valence-electron chi connectivity index (χ2n) is 5.70. The predicted molar refractivity (Wildman–Crippen MR) is 84.5 cm³/mol. The van der Waals surface area contributed by atoms with E-state index in [0.717, 1.165) is 36.2 Å². The normalized spacial score (nSPS) is 15.0. The second-order valence-corrected chi connectivity index (χ2v) is 5.70. The Morgan fingerprint density at radius 1 is 1.30 bits per heavy atom. The SMILES string of the molecule is Cn1ncc2c(N)nc(N3CCCn4nc(CO)cc4C3)nc21. The number of fused-ring (bicyclic) bond motifs is 2. The van der Waals surface area contributed by atoms with Gasteiger partial charge in [-0.25, -0.2) is 0 Å². The molecule has 0 atom stereocenters. The number of anilines is 2. The van der Waals surface area contributed by atoms with Crippen LogP contribution in [0.3, 0.4) is 0 Å².